The van der Waals surface area contributed by atoms with Crippen molar-refractivity contribution >= 4 is 97.6 Å². The fourth-order valence-electron chi connectivity index (χ4n) is 10.2. The second kappa shape index (κ2) is 13.4. The number of nitrogens with zero attached hydrogens (tertiary/aromatic N) is 4. The number of rotatable bonds is 4. The summed E-state index contributed by atoms with van der Waals surface area (Å²) in [6.07, 6.45) is 0. The first-order valence-corrected chi connectivity index (χ1v) is 21.7. The Labute approximate surface area is 366 Å². The molecule has 0 bridgehead atoms. The van der Waals surface area contributed by atoms with Gasteiger partial charge in [0.1, 0.15) is 11.2 Å². The molecule has 14 aromatic rings. The monoisotopic (exact) mass is 814 g/mol. The molecule has 11 aromatic carbocycles. The van der Waals surface area contributed by atoms with Crippen LogP contribution in [-0.4, -0.2) is 19.5 Å². The highest BCUT2D eigenvalue weighted by Gasteiger charge is 2.23. The van der Waals surface area contributed by atoms with E-state index in [0.29, 0.717) is 17.5 Å². The molecule has 5 nitrogen and oxygen atoms in total. The molecule has 64 heavy (non-hydrogen) atoms. The van der Waals surface area contributed by atoms with Gasteiger partial charge in [-0.25, -0.2) is 15.0 Å². The highest BCUT2D eigenvalue weighted by molar-refractivity contribution is 6.24. The Morgan fingerprint density at radius 2 is 0.953 bits per heavy atom. The maximum absolute atomic E-state index is 6.87. The van der Waals surface area contributed by atoms with E-state index in [-0.39, 0.29) is 0 Å². The minimum absolute atomic E-state index is 0.548. The van der Waals surface area contributed by atoms with Gasteiger partial charge < -0.3 is 8.98 Å². The van der Waals surface area contributed by atoms with Crippen LogP contribution in [0.5, 0.6) is 0 Å². The van der Waals surface area contributed by atoms with Crippen molar-refractivity contribution in [2.24, 2.45) is 0 Å². The summed E-state index contributed by atoms with van der Waals surface area (Å²) in [7, 11) is 0. The minimum atomic E-state index is 0.548. The Bertz CT molecular complexity index is 4260. The predicted molar refractivity (Wildman–Crippen MR) is 265 cm³/mol. The Morgan fingerprint density at radius 3 is 1.78 bits per heavy atom. The summed E-state index contributed by atoms with van der Waals surface area (Å²) in [6.45, 7) is 0. The average Bonchev–Trinajstić information content (AvgIpc) is 3.91. The molecule has 0 N–H and O–H groups in total. The van der Waals surface area contributed by atoms with Crippen molar-refractivity contribution < 1.29 is 4.42 Å². The van der Waals surface area contributed by atoms with Gasteiger partial charge in [0, 0.05) is 43.7 Å². The van der Waals surface area contributed by atoms with Gasteiger partial charge in [0.2, 0.25) is 0 Å². The standard InChI is InChI=1S/C59H34N4O/c1-2-15-36(16-3-1)57-60-58(50-32-39-19-7-8-20-42(39)45-22-10-11-23-46(45)50)62-59(61-57)51-33-40-30-41(27-29-43(40)54-48-24-12-13-25-53(48)64-56(51)54)63-52-34-38-18-5-4-17-37(38)31-49(52)47-28-26-35-14-6-9-21-44(35)55(47)63/h1-34H. The van der Waals surface area contributed by atoms with Crippen molar-refractivity contribution in [3.8, 4) is 39.9 Å². The third-order valence-corrected chi connectivity index (χ3v) is 13.1. The van der Waals surface area contributed by atoms with Gasteiger partial charge in [-0.3, -0.25) is 0 Å². The second-order valence-electron chi connectivity index (χ2n) is 16.7. The summed E-state index contributed by atoms with van der Waals surface area (Å²) in [4.78, 5) is 15.9. The van der Waals surface area contributed by atoms with Gasteiger partial charge >= 0.3 is 0 Å². The van der Waals surface area contributed by atoms with Crippen molar-refractivity contribution in [1.29, 1.82) is 0 Å². The number of benzene rings is 11. The van der Waals surface area contributed by atoms with Crippen LogP contribution in [0.4, 0.5) is 0 Å². The maximum Gasteiger partial charge on any atom is 0.167 e. The molecule has 0 aliphatic carbocycles. The lowest BCUT2D eigenvalue weighted by Crippen LogP contribution is -2.01. The largest absolute Gasteiger partial charge is 0.455 e. The van der Waals surface area contributed by atoms with Crippen LogP contribution >= 0.6 is 0 Å². The third-order valence-electron chi connectivity index (χ3n) is 13.1. The molecule has 0 spiro atoms. The van der Waals surface area contributed by atoms with Crippen LogP contribution in [0.3, 0.4) is 0 Å². The first-order valence-electron chi connectivity index (χ1n) is 21.7. The Kier molecular flexibility index (Phi) is 7.33. The van der Waals surface area contributed by atoms with Crippen molar-refractivity contribution in [2.75, 3.05) is 0 Å². The van der Waals surface area contributed by atoms with E-state index in [2.05, 4.69) is 180 Å². The Morgan fingerprint density at radius 1 is 0.344 bits per heavy atom. The van der Waals surface area contributed by atoms with Crippen LogP contribution < -0.4 is 0 Å². The quantitative estimate of drug-likeness (QED) is 0.166. The zero-order valence-corrected chi connectivity index (χ0v) is 34.3. The van der Waals surface area contributed by atoms with Gasteiger partial charge in [-0.15, -0.1) is 0 Å². The minimum Gasteiger partial charge on any atom is -0.455 e. The normalized spacial score (nSPS) is 12.1. The Hall–Kier alpha value is -8.67. The molecule has 0 aliphatic heterocycles. The van der Waals surface area contributed by atoms with E-state index in [9.17, 15) is 0 Å². The molecule has 0 saturated carbocycles. The van der Waals surface area contributed by atoms with Gasteiger partial charge in [-0.1, -0.05) is 164 Å². The van der Waals surface area contributed by atoms with Crippen LogP contribution in [0.25, 0.3) is 137 Å². The van der Waals surface area contributed by atoms with Gasteiger partial charge in [-0.05, 0) is 90.9 Å². The molecule has 14 rings (SSSR count). The molecule has 5 heteroatoms. The Balaban J connectivity index is 1.08. The predicted octanol–water partition coefficient (Wildman–Crippen LogP) is 15.6. The number of aromatic nitrogens is 4. The second-order valence-corrected chi connectivity index (χ2v) is 16.7. The molecule has 0 aliphatic rings. The van der Waals surface area contributed by atoms with Gasteiger partial charge in [0.25, 0.3) is 0 Å². The molecule has 0 unspecified atom stereocenters. The van der Waals surface area contributed by atoms with Crippen LogP contribution in [0.2, 0.25) is 0 Å². The maximum atomic E-state index is 6.87. The fraction of sp³-hybridized carbons (Fsp3) is 0. The summed E-state index contributed by atoms with van der Waals surface area (Å²) < 4.78 is 9.32. The summed E-state index contributed by atoms with van der Waals surface area (Å²) in [5.74, 6) is 1.75. The number of hydrogen-bond donors (Lipinski definition) is 0. The topological polar surface area (TPSA) is 56.7 Å². The average molecular weight is 815 g/mol. The highest BCUT2D eigenvalue weighted by atomic mass is 16.3. The van der Waals surface area contributed by atoms with Gasteiger partial charge in [-0.2, -0.15) is 0 Å². The lowest BCUT2D eigenvalue weighted by Gasteiger charge is -2.14. The smallest absolute Gasteiger partial charge is 0.167 e. The zero-order chi connectivity index (χ0) is 41.9. The number of hydrogen-bond acceptors (Lipinski definition) is 4. The van der Waals surface area contributed by atoms with E-state index in [1.54, 1.807) is 0 Å². The van der Waals surface area contributed by atoms with Crippen LogP contribution in [-0.2, 0) is 0 Å². The number of para-hydroxylation sites is 1. The van der Waals surface area contributed by atoms with Crippen molar-refractivity contribution in [1.82, 2.24) is 19.5 Å². The van der Waals surface area contributed by atoms with Gasteiger partial charge in [0.05, 0.1) is 16.6 Å². The molecule has 0 radical (unpaired) electrons. The van der Waals surface area contributed by atoms with Crippen LogP contribution in [0.15, 0.2) is 211 Å². The molecule has 0 fully saturated rings. The van der Waals surface area contributed by atoms with E-state index in [1.807, 2.05) is 30.3 Å². The molecule has 0 amide bonds. The first kappa shape index (κ1) is 35.0. The van der Waals surface area contributed by atoms with E-state index in [0.717, 1.165) is 76.8 Å². The molecule has 0 atom stereocenters. The van der Waals surface area contributed by atoms with Crippen LogP contribution in [0, 0.1) is 0 Å². The first-order chi connectivity index (χ1) is 31.7. The summed E-state index contributed by atoms with van der Waals surface area (Å²) in [6, 6.07) is 73.4. The molecular formula is C59H34N4O. The highest BCUT2D eigenvalue weighted by Crippen LogP contribution is 2.44. The lowest BCUT2D eigenvalue weighted by molar-refractivity contribution is 0.670. The molecule has 296 valence electrons. The van der Waals surface area contributed by atoms with Crippen LogP contribution in [0.1, 0.15) is 0 Å². The molecule has 0 saturated heterocycles. The zero-order valence-electron chi connectivity index (χ0n) is 34.3. The summed E-state index contributed by atoms with van der Waals surface area (Å²) in [5.41, 5.74) is 7.65. The number of furan rings is 1. The molecular weight excluding hydrogens is 781 g/mol. The molecule has 3 aromatic heterocycles. The van der Waals surface area contributed by atoms with E-state index < -0.39 is 0 Å². The van der Waals surface area contributed by atoms with Crippen molar-refractivity contribution in [2.45, 2.75) is 0 Å². The van der Waals surface area contributed by atoms with Crippen molar-refractivity contribution in [3.63, 3.8) is 0 Å². The lowest BCUT2D eigenvalue weighted by atomic mass is 9.96. The number of fused-ring (bicyclic) bond motifs is 14. The van der Waals surface area contributed by atoms with Gasteiger partial charge in [0.15, 0.2) is 17.5 Å². The van der Waals surface area contributed by atoms with E-state index in [1.165, 1.54) is 43.2 Å². The van der Waals surface area contributed by atoms with E-state index >= 15 is 0 Å². The van der Waals surface area contributed by atoms with E-state index in [4.69, 9.17) is 19.4 Å². The van der Waals surface area contributed by atoms with Crippen molar-refractivity contribution in [3.05, 3.63) is 206 Å². The molecule has 3 heterocycles. The summed E-state index contributed by atoms with van der Waals surface area (Å²) in [5, 5.41) is 16.1. The third kappa shape index (κ3) is 5.15. The SMILES string of the molecule is c1ccc(-c2nc(-c3cc4ccccc4c4ccccc34)nc(-c3cc4cc(-n5c6cc7ccccc7cc6c6ccc7ccccc7c65)ccc4c4c3oc3ccccc34)n2)cc1. The fourth-order valence-corrected chi connectivity index (χ4v) is 10.2. The summed E-state index contributed by atoms with van der Waals surface area (Å²) >= 11 is 0.